The van der Waals surface area contributed by atoms with E-state index in [2.05, 4.69) is 5.32 Å². The van der Waals surface area contributed by atoms with Gasteiger partial charge in [0.25, 0.3) is 5.91 Å². The zero-order chi connectivity index (χ0) is 22.5. The number of hydrogen-bond acceptors (Lipinski definition) is 4. The van der Waals surface area contributed by atoms with E-state index < -0.39 is 6.03 Å². The summed E-state index contributed by atoms with van der Waals surface area (Å²) in [6, 6.07) is 11.8. The molecule has 1 aliphatic rings. The second kappa shape index (κ2) is 9.90. The van der Waals surface area contributed by atoms with Crippen molar-refractivity contribution >= 4 is 55.6 Å². The smallest absolute Gasteiger partial charge is 0.319 e. The van der Waals surface area contributed by atoms with E-state index in [1.807, 2.05) is 12.1 Å². The van der Waals surface area contributed by atoms with Crippen molar-refractivity contribution in [2.75, 3.05) is 22.9 Å². The van der Waals surface area contributed by atoms with Gasteiger partial charge < -0.3 is 16.0 Å². The Morgan fingerprint density at radius 3 is 2.45 bits per heavy atom. The van der Waals surface area contributed by atoms with Crippen LogP contribution < -0.4 is 20.9 Å². The molecular formula is C22H23IN4O4. The molecule has 0 aliphatic carbocycles. The summed E-state index contributed by atoms with van der Waals surface area (Å²) in [5.41, 5.74) is 9.42. The molecule has 3 N–H and O–H groups in total. The van der Waals surface area contributed by atoms with Crippen molar-refractivity contribution in [3.8, 4) is 0 Å². The molecule has 0 atom stereocenters. The summed E-state index contributed by atoms with van der Waals surface area (Å²) >= 11 is 1.69. The van der Waals surface area contributed by atoms with Gasteiger partial charge in [-0.15, -0.1) is 0 Å². The fraction of sp³-hybridized carbons (Fsp3) is 0.273. The average Bonchev–Trinajstić information content (AvgIpc) is 3.15. The molecule has 2 aromatic carbocycles. The Kier molecular flexibility index (Phi) is 7.26. The highest BCUT2D eigenvalue weighted by molar-refractivity contribution is 14.1. The van der Waals surface area contributed by atoms with Gasteiger partial charge in [0, 0.05) is 43.4 Å². The first-order chi connectivity index (χ1) is 14.8. The van der Waals surface area contributed by atoms with Gasteiger partial charge in [0.05, 0.1) is 6.54 Å². The average molecular weight is 534 g/mol. The number of hydrogen-bond donors (Lipinski definition) is 2. The maximum atomic E-state index is 12.1. The molecule has 2 aromatic rings. The van der Waals surface area contributed by atoms with Gasteiger partial charge >= 0.3 is 6.03 Å². The Labute approximate surface area is 193 Å². The number of nitrogens with zero attached hydrogens (tertiary/aromatic N) is 2. The number of primary amides is 1. The molecule has 1 aliphatic heterocycles. The molecule has 162 valence electrons. The van der Waals surface area contributed by atoms with Crippen molar-refractivity contribution < 1.29 is 19.2 Å². The van der Waals surface area contributed by atoms with Crippen LogP contribution in [0.5, 0.6) is 0 Å². The molecule has 0 aromatic heterocycles. The van der Waals surface area contributed by atoms with Gasteiger partial charge in [-0.05, 0) is 70.5 Å². The van der Waals surface area contributed by atoms with Gasteiger partial charge in [0.1, 0.15) is 0 Å². The molecule has 31 heavy (non-hydrogen) atoms. The molecule has 0 saturated heterocycles. The van der Waals surface area contributed by atoms with E-state index in [4.69, 9.17) is 5.73 Å². The number of benzene rings is 2. The molecule has 4 amide bonds. The minimum Gasteiger partial charge on any atom is -0.352 e. The summed E-state index contributed by atoms with van der Waals surface area (Å²) in [7, 11) is 0. The molecule has 0 unspecified atom stereocenters. The maximum Gasteiger partial charge on any atom is 0.319 e. The first-order valence-electron chi connectivity index (χ1n) is 9.79. The molecule has 0 saturated carbocycles. The number of amides is 4. The molecule has 0 bridgehead atoms. The van der Waals surface area contributed by atoms with Gasteiger partial charge in [0.15, 0.2) is 3.79 Å². The third kappa shape index (κ3) is 5.60. The fourth-order valence-corrected chi connectivity index (χ4v) is 3.77. The summed E-state index contributed by atoms with van der Waals surface area (Å²) in [6.45, 7) is 2.69. The van der Waals surface area contributed by atoms with Crippen LogP contribution in [0.25, 0.3) is 0 Å². The molecule has 9 heteroatoms. The van der Waals surface area contributed by atoms with E-state index >= 15 is 0 Å². The molecule has 3 rings (SSSR count). The second-order valence-electron chi connectivity index (χ2n) is 7.22. The molecule has 8 nitrogen and oxygen atoms in total. The summed E-state index contributed by atoms with van der Waals surface area (Å²) in [5, 5.41) is 2.69. The highest BCUT2D eigenvalue weighted by Gasteiger charge is 2.24. The zero-order valence-corrected chi connectivity index (χ0v) is 19.2. The normalized spacial score (nSPS) is 12.3. The van der Waals surface area contributed by atoms with Gasteiger partial charge in [-0.2, -0.15) is 0 Å². The van der Waals surface area contributed by atoms with Crippen LogP contribution in [0.4, 0.5) is 16.2 Å². The van der Waals surface area contributed by atoms with Crippen LogP contribution >= 0.6 is 22.6 Å². The topological polar surface area (TPSA) is 113 Å². The number of carbonyl (C=O) groups is 4. The predicted octanol–water partition coefficient (Wildman–Crippen LogP) is 2.76. The van der Waals surface area contributed by atoms with Gasteiger partial charge in [-0.25, -0.2) is 4.79 Å². The van der Waals surface area contributed by atoms with E-state index in [1.54, 1.807) is 57.8 Å². The highest BCUT2D eigenvalue weighted by Crippen LogP contribution is 2.32. The lowest BCUT2D eigenvalue weighted by atomic mass is 10.1. The lowest BCUT2D eigenvalue weighted by Crippen LogP contribution is -2.35. The monoisotopic (exact) mass is 534 g/mol. The van der Waals surface area contributed by atoms with Crippen LogP contribution in [0.3, 0.4) is 0 Å². The number of anilines is 2. The summed E-state index contributed by atoms with van der Waals surface area (Å²) < 4.78 is -0.0136. The van der Waals surface area contributed by atoms with E-state index in [1.165, 1.54) is 11.8 Å². The number of halogens is 1. The van der Waals surface area contributed by atoms with Crippen LogP contribution in [0, 0.1) is 0 Å². The van der Waals surface area contributed by atoms with E-state index in [9.17, 15) is 19.2 Å². The predicted molar refractivity (Wildman–Crippen MR) is 126 cm³/mol. The third-order valence-corrected chi connectivity index (χ3v) is 5.62. The first-order valence-corrected chi connectivity index (χ1v) is 10.9. The Bertz CT molecular complexity index is 1020. The summed E-state index contributed by atoms with van der Waals surface area (Å²) in [5.74, 6) is -0.270. The molecule has 0 radical (unpaired) electrons. The van der Waals surface area contributed by atoms with Gasteiger partial charge in [-0.3, -0.25) is 19.3 Å². The number of rotatable bonds is 7. The quantitative estimate of drug-likeness (QED) is 0.420. The third-order valence-electron chi connectivity index (χ3n) is 5.08. The van der Waals surface area contributed by atoms with Gasteiger partial charge in [0.2, 0.25) is 5.91 Å². The Morgan fingerprint density at radius 1 is 1.13 bits per heavy atom. The Morgan fingerprint density at radius 2 is 1.84 bits per heavy atom. The standard InChI is InChI=1S/C22H23IN4O4/c1-14(28)26-11-9-17-12-18(6-7-19(17)26)27(22(24)31)13-15-2-4-16(5-3-15)21(30)25-10-8-20(23)29/h2-7,12H,8-11,13H2,1H3,(H2,24,31)(H,25,30). The molecule has 0 fully saturated rings. The van der Waals surface area contributed by atoms with Crippen molar-refractivity contribution in [3.63, 3.8) is 0 Å². The summed E-state index contributed by atoms with van der Waals surface area (Å²) in [6.07, 6.45) is 1.01. The molecule has 0 spiro atoms. The Balaban J connectivity index is 1.71. The summed E-state index contributed by atoms with van der Waals surface area (Å²) in [4.78, 5) is 50.1. The largest absolute Gasteiger partial charge is 0.352 e. The lowest BCUT2D eigenvalue weighted by Gasteiger charge is -2.22. The van der Waals surface area contributed by atoms with Crippen LogP contribution in [0.1, 0.15) is 34.8 Å². The molecular weight excluding hydrogens is 511 g/mol. The number of nitrogens with one attached hydrogen (secondary N) is 1. The minimum atomic E-state index is -0.591. The van der Waals surface area contributed by atoms with Crippen LogP contribution in [0.2, 0.25) is 0 Å². The van der Waals surface area contributed by atoms with E-state index in [0.29, 0.717) is 17.8 Å². The lowest BCUT2D eigenvalue weighted by molar-refractivity contribution is -0.116. The van der Waals surface area contributed by atoms with E-state index in [-0.39, 0.29) is 35.1 Å². The zero-order valence-electron chi connectivity index (χ0n) is 17.1. The van der Waals surface area contributed by atoms with Gasteiger partial charge in [-0.1, -0.05) is 12.1 Å². The number of nitrogens with two attached hydrogens (primary N) is 1. The van der Waals surface area contributed by atoms with Crippen molar-refractivity contribution in [3.05, 3.63) is 59.2 Å². The van der Waals surface area contributed by atoms with E-state index in [0.717, 1.165) is 23.2 Å². The van der Waals surface area contributed by atoms with Crippen molar-refractivity contribution in [2.45, 2.75) is 26.3 Å². The Hall–Kier alpha value is -2.95. The highest BCUT2D eigenvalue weighted by atomic mass is 127. The van der Waals surface area contributed by atoms with Crippen LogP contribution in [-0.4, -0.2) is 34.7 Å². The van der Waals surface area contributed by atoms with Crippen LogP contribution in [0.15, 0.2) is 42.5 Å². The number of carbonyl (C=O) groups excluding carboxylic acids is 4. The second-order valence-corrected chi connectivity index (χ2v) is 8.42. The van der Waals surface area contributed by atoms with Crippen molar-refractivity contribution in [1.29, 1.82) is 0 Å². The number of fused-ring (bicyclic) bond motifs is 1. The SMILES string of the molecule is CC(=O)N1CCc2cc(N(Cc3ccc(C(=O)NCCC(=O)I)cc3)C(N)=O)ccc21. The van der Waals surface area contributed by atoms with Crippen molar-refractivity contribution in [2.24, 2.45) is 5.73 Å². The minimum absolute atomic E-state index is 0.0109. The maximum absolute atomic E-state index is 12.1. The van der Waals surface area contributed by atoms with Crippen LogP contribution in [-0.2, 0) is 22.6 Å². The molecule has 1 heterocycles. The van der Waals surface area contributed by atoms with Crippen molar-refractivity contribution in [1.82, 2.24) is 5.32 Å². The fourth-order valence-electron chi connectivity index (χ4n) is 3.50. The number of urea groups is 1. The first kappa shape index (κ1) is 22.7.